The number of rotatable bonds is 10. The summed E-state index contributed by atoms with van der Waals surface area (Å²) in [7, 11) is 0. The van der Waals surface area contributed by atoms with Crippen molar-refractivity contribution >= 4 is 27.9 Å². The molecule has 1 aliphatic rings. The molecule has 0 bridgehead atoms. The topological polar surface area (TPSA) is 43.9 Å². The highest BCUT2D eigenvalue weighted by atomic mass is 35.5. The Kier molecular flexibility index (Phi) is 8.96. The van der Waals surface area contributed by atoms with E-state index in [2.05, 4.69) is 34.6 Å². The minimum absolute atomic E-state index is 0.209. The molecular formula is C25H31ClN4OS. The van der Waals surface area contributed by atoms with Gasteiger partial charge in [0.25, 0.3) is 0 Å². The van der Waals surface area contributed by atoms with Gasteiger partial charge in [-0.25, -0.2) is 4.85 Å². The minimum atomic E-state index is -0.507. The summed E-state index contributed by atoms with van der Waals surface area (Å²) in [4.78, 5) is 9.50. The molecule has 1 atom stereocenters. The molecule has 170 valence electrons. The van der Waals surface area contributed by atoms with E-state index in [1.807, 2.05) is 36.4 Å². The molecule has 0 spiro atoms. The number of hydrogen-bond donors (Lipinski definition) is 0. The van der Waals surface area contributed by atoms with Crippen LogP contribution >= 0.6 is 22.9 Å². The molecule has 1 aromatic heterocycles. The van der Waals surface area contributed by atoms with Crippen LogP contribution in [0, 0.1) is 23.8 Å². The van der Waals surface area contributed by atoms with E-state index in [0.717, 1.165) is 62.7 Å². The molecule has 0 radical (unpaired) electrons. The monoisotopic (exact) mass is 470 g/mol. The number of halogens is 1. The van der Waals surface area contributed by atoms with Gasteiger partial charge >= 0.3 is 0 Å². The van der Waals surface area contributed by atoms with Gasteiger partial charge in [0.15, 0.2) is 0 Å². The van der Waals surface area contributed by atoms with E-state index in [9.17, 15) is 5.26 Å². The fraction of sp³-hybridized carbons (Fsp3) is 0.520. The summed E-state index contributed by atoms with van der Waals surface area (Å²) in [5.74, 6) is 1.03. The first-order valence-electron chi connectivity index (χ1n) is 11.2. The van der Waals surface area contributed by atoms with Crippen molar-refractivity contribution in [1.82, 2.24) is 9.80 Å². The SMILES string of the molecule is [C-]#[N+]c1ccc(C(C#N)(CCCN2CCN(CCOc3cccc(Cl)c3)CC2)C(C)C)s1. The Labute approximate surface area is 201 Å². The van der Waals surface area contributed by atoms with Crippen molar-refractivity contribution in [2.75, 3.05) is 45.9 Å². The predicted octanol–water partition coefficient (Wildman–Crippen LogP) is 5.85. The zero-order valence-electron chi connectivity index (χ0n) is 18.9. The Balaban J connectivity index is 1.42. The summed E-state index contributed by atoms with van der Waals surface area (Å²) in [6.45, 7) is 18.2. The van der Waals surface area contributed by atoms with E-state index in [4.69, 9.17) is 22.9 Å². The minimum Gasteiger partial charge on any atom is -0.492 e. The van der Waals surface area contributed by atoms with Crippen LogP contribution in [0.4, 0.5) is 5.00 Å². The van der Waals surface area contributed by atoms with Gasteiger partial charge < -0.3 is 9.64 Å². The van der Waals surface area contributed by atoms with Crippen LogP contribution in [0.3, 0.4) is 0 Å². The molecule has 7 heteroatoms. The molecule has 0 amide bonds. The third-order valence-electron chi connectivity index (χ3n) is 6.31. The molecule has 1 fully saturated rings. The van der Waals surface area contributed by atoms with Gasteiger partial charge in [-0.05, 0) is 49.6 Å². The summed E-state index contributed by atoms with van der Waals surface area (Å²) in [6, 6.07) is 14.0. The summed E-state index contributed by atoms with van der Waals surface area (Å²) < 4.78 is 5.82. The van der Waals surface area contributed by atoms with Gasteiger partial charge in [0.2, 0.25) is 5.00 Å². The van der Waals surface area contributed by atoms with Crippen molar-refractivity contribution in [3.8, 4) is 11.8 Å². The first-order chi connectivity index (χ1) is 15.5. The van der Waals surface area contributed by atoms with E-state index in [1.54, 1.807) is 0 Å². The molecule has 3 rings (SSSR count). The number of benzene rings is 1. The van der Waals surface area contributed by atoms with Gasteiger partial charge in [0.1, 0.15) is 12.4 Å². The second-order valence-corrected chi connectivity index (χ2v) is 10.1. The van der Waals surface area contributed by atoms with Gasteiger partial charge in [-0.2, -0.15) is 16.6 Å². The van der Waals surface area contributed by atoms with Crippen LogP contribution < -0.4 is 4.74 Å². The zero-order valence-corrected chi connectivity index (χ0v) is 20.5. The van der Waals surface area contributed by atoms with E-state index in [1.165, 1.54) is 11.3 Å². The van der Waals surface area contributed by atoms with Gasteiger partial charge in [0, 0.05) is 42.6 Å². The number of piperazine rings is 1. The van der Waals surface area contributed by atoms with Crippen LogP contribution in [-0.4, -0.2) is 55.7 Å². The normalized spacial score (nSPS) is 16.9. The lowest BCUT2D eigenvalue weighted by molar-refractivity contribution is 0.114. The van der Waals surface area contributed by atoms with Crippen LogP contribution in [0.15, 0.2) is 36.4 Å². The lowest BCUT2D eigenvalue weighted by Gasteiger charge is -2.36. The maximum atomic E-state index is 10.1. The first-order valence-corrected chi connectivity index (χ1v) is 12.4. The van der Waals surface area contributed by atoms with Gasteiger partial charge in [-0.15, -0.1) is 0 Å². The molecule has 1 unspecified atom stereocenters. The molecule has 0 N–H and O–H groups in total. The van der Waals surface area contributed by atoms with E-state index < -0.39 is 5.41 Å². The average molecular weight is 471 g/mol. The molecule has 2 heterocycles. The van der Waals surface area contributed by atoms with Crippen LogP contribution in [0.1, 0.15) is 31.6 Å². The maximum Gasteiger partial charge on any atom is 0.241 e. The van der Waals surface area contributed by atoms with E-state index in [-0.39, 0.29) is 5.92 Å². The first kappa shape index (κ1) is 24.6. The quantitative estimate of drug-likeness (QED) is 0.409. The summed E-state index contributed by atoms with van der Waals surface area (Å²) in [5, 5.41) is 11.4. The molecule has 2 aromatic rings. The van der Waals surface area contributed by atoms with Crippen LogP contribution in [0.2, 0.25) is 5.02 Å². The molecule has 0 aliphatic carbocycles. The largest absolute Gasteiger partial charge is 0.492 e. The van der Waals surface area contributed by atoms with Gasteiger partial charge in [-0.3, -0.25) is 4.90 Å². The number of nitrogens with zero attached hydrogens (tertiary/aromatic N) is 4. The van der Waals surface area contributed by atoms with Gasteiger partial charge in [0.05, 0.1) is 18.1 Å². The Morgan fingerprint density at radius 1 is 1.19 bits per heavy atom. The van der Waals surface area contributed by atoms with E-state index >= 15 is 0 Å². The van der Waals surface area contributed by atoms with Crippen LogP contribution in [0.5, 0.6) is 5.75 Å². The highest BCUT2D eigenvalue weighted by Crippen LogP contribution is 2.42. The lowest BCUT2D eigenvalue weighted by atomic mass is 9.73. The van der Waals surface area contributed by atoms with Crippen molar-refractivity contribution in [2.24, 2.45) is 5.92 Å². The molecule has 1 aromatic carbocycles. The Bertz CT molecular complexity index is 955. The third kappa shape index (κ3) is 6.24. The third-order valence-corrected chi connectivity index (χ3v) is 7.70. The fourth-order valence-corrected chi connectivity index (χ4v) is 5.52. The maximum absolute atomic E-state index is 10.1. The number of nitriles is 1. The van der Waals surface area contributed by atoms with E-state index in [0.29, 0.717) is 16.6 Å². The van der Waals surface area contributed by atoms with Crippen LogP contribution in [0.25, 0.3) is 4.85 Å². The summed E-state index contributed by atoms with van der Waals surface area (Å²) in [5.41, 5.74) is -0.507. The molecule has 1 saturated heterocycles. The van der Waals surface area contributed by atoms with Crippen molar-refractivity contribution in [3.63, 3.8) is 0 Å². The summed E-state index contributed by atoms with van der Waals surface area (Å²) >= 11 is 7.47. The smallest absolute Gasteiger partial charge is 0.241 e. The Hall–Kier alpha value is -2.09. The van der Waals surface area contributed by atoms with Gasteiger partial charge in [-0.1, -0.05) is 37.6 Å². The molecule has 1 aliphatic heterocycles. The van der Waals surface area contributed by atoms with Crippen molar-refractivity contribution < 1.29 is 4.74 Å². The number of hydrogen-bond acceptors (Lipinski definition) is 5. The van der Waals surface area contributed by atoms with Crippen molar-refractivity contribution in [3.05, 3.63) is 57.7 Å². The van der Waals surface area contributed by atoms with Crippen LogP contribution in [-0.2, 0) is 5.41 Å². The lowest BCUT2D eigenvalue weighted by Crippen LogP contribution is -2.47. The average Bonchev–Trinajstić information content (AvgIpc) is 3.27. The Morgan fingerprint density at radius 2 is 1.91 bits per heavy atom. The Morgan fingerprint density at radius 3 is 2.50 bits per heavy atom. The zero-order chi connectivity index (χ0) is 23.0. The number of ether oxygens (including phenoxy) is 1. The predicted molar refractivity (Wildman–Crippen MR) is 132 cm³/mol. The standard InChI is InChI=1S/C25H31ClN4OS/c1-20(2)25(19-27,23-8-9-24(28-3)32-23)10-5-11-29-12-14-30(15-13-29)16-17-31-22-7-4-6-21(26)18-22/h4,6-9,18,20H,5,10-17H2,1-2H3. The number of thiophene rings is 1. The fourth-order valence-electron chi connectivity index (χ4n) is 4.23. The molecular weight excluding hydrogens is 440 g/mol. The molecule has 5 nitrogen and oxygen atoms in total. The van der Waals surface area contributed by atoms with Crippen molar-refractivity contribution in [2.45, 2.75) is 32.1 Å². The van der Waals surface area contributed by atoms with Crippen molar-refractivity contribution in [1.29, 1.82) is 5.26 Å². The highest BCUT2D eigenvalue weighted by molar-refractivity contribution is 7.16. The second-order valence-electron chi connectivity index (χ2n) is 8.58. The summed E-state index contributed by atoms with van der Waals surface area (Å²) in [6.07, 6.45) is 1.81. The second kappa shape index (κ2) is 11.7. The molecule has 32 heavy (non-hydrogen) atoms. The molecule has 0 saturated carbocycles. The highest BCUT2D eigenvalue weighted by Gasteiger charge is 2.37.